The third-order valence-electron chi connectivity index (χ3n) is 4.18. The Morgan fingerprint density at radius 1 is 1.24 bits per heavy atom. The maximum absolute atomic E-state index is 12.2. The molecule has 21 heavy (non-hydrogen) atoms. The molecule has 0 aromatic heterocycles. The van der Waals surface area contributed by atoms with E-state index in [1.54, 1.807) is 4.90 Å². The monoisotopic (exact) mass is 289 g/mol. The van der Waals surface area contributed by atoms with Crippen LogP contribution in [-0.2, 0) is 22.4 Å². The van der Waals surface area contributed by atoms with Gasteiger partial charge >= 0.3 is 5.97 Å². The Labute approximate surface area is 125 Å². The molecule has 1 atom stereocenters. The van der Waals surface area contributed by atoms with Gasteiger partial charge in [-0.2, -0.15) is 0 Å². The molecule has 114 valence electrons. The summed E-state index contributed by atoms with van der Waals surface area (Å²) in [4.78, 5) is 24.9. The Hall–Kier alpha value is -1.84. The summed E-state index contributed by atoms with van der Waals surface area (Å²) >= 11 is 0. The smallest absolute Gasteiger partial charge is 0.308 e. The highest BCUT2D eigenvalue weighted by Crippen LogP contribution is 2.18. The number of benzene rings is 1. The Bertz CT molecular complexity index is 495. The van der Waals surface area contributed by atoms with Gasteiger partial charge in [-0.05, 0) is 36.8 Å². The van der Waals surface area contributed by atoms with E-state index in [2.05, 4.69) is 31.2 Å². The van der Waals surface area contributed by atoms with E-state index in [-0.39, 0.29) is 5.91 Å². The highest BCUT2D eigenvalue weighted by Gasteiger charge is 2.27. The van der Waals surface area contributed by atoms with Crippen molar-refractivity contribution in [3.63, 3.8) is 0 Å². The normalized spacial score (nSPS) is 18.5. The summed E-state index contributed by atoms with van der Waals surface area (Å²) in [6, 6.07) is 8.34. The molecular weight excluding hydrogens is 266 g/mol. The van der Waals surface area contributed by atoms with Crippen molar-refractivity contribution in [1.29, 1.82) is 0 Å². The first-order valence-corrected chi connectivity index (χ1v) is 7.68. The lowest BCUT2D eigenvalue weighted by molar-refractivity contribution is -0.145. The van der Waals surface area contributed by atoms with Crippen LogP contribution < -0.4 is 0 Å². The lowest BCUT2D eigenvalue weighted by atomic mass is 9.97. The van der Waals surface area contributed by atoms with Crippen molar-refractivity contribution in [2.24, 2.45) is 5.92 Å². The molecule has 1 amide bonds. The van der Waals surface area contributed by atoms with Gasteiger partial charge in [-0.1, -0.05) is 31.2 Å². The van der Waals surface area contributed by atoms with Gasteiger partial charge in [0, 0.05) is 19.5 Å². The quantitative estimate of drug-likeness (QED) is 0.906. The number of amides is 1. The minimum atomic E-state index is -0.789. The van der Waals surface area contributed by atoms with Crippen molar-refractivity contribution in [2.45, 2.75) is 39.0 Å². The van der Waals surface area contributed by atoms with Crippen LogP contribution in [-0.4, -0.2) is 35.0 Å². The molecule has 4 nitrogen and oxygen atoms in total. The van der Waals surface area contributed by atoms with Gasteiger partial charge in [0.25, 0.3) is 0 Å². The van der Waals surface area contributed by atoms with Crippen molar-refractivity contribution in [1.82, 2.24) is 4.90 Å². The van der Waals surface area contributed by atoms with Gasteiger partial charge in [0.15, 0.2) is 0 Å². The van der Waals surface area contributed by atoms with E-state index in [9.17, 15) is 9.59 Å². The summed E-state index contributed by atoms with van der Waals surface area (Å²) < 4.78 is 0. The molecule has 0 aliphatic carbocycles. The summed E-state index contributed by atoms with van der Waals surface area (Å²) in [5, 5.41) is 9.06. The predicted molar refractivity (Wildman–Crippen MR) is 81.1 cm³/mol. The Morgan fingerprint density at radius 3 is 2.52 bits per heavy atom. The molecule has 0 bridgehead atoms. The van der Waals surface area contributed by atoms with Gasteiger partial charge in [0.2, 0.25) is 5.91 Å². The largest absolute Gasteiger partial charge is 0.481 e. The van der Waals surface area contributed by atoms with Gasteiger partial charge in [0.05, 0.1) is 5.92 Å². The highest BCUT2D eigenvalue weighted by molar-refractivity contribution is 5.78. The number of likely N-dealkylation sites (tertiary alicyclic amines) is 1. The minimum Gasteiger partial charge on any atom is -0.481 e. The number of hydrogen-bond acceptors (Lipinski definition) is 2. The fourth-order valence-electron chi connectivity index (χ4n) is 2.76. The number of carbonyl (C=O) groups is 2. The number of hydrogen-bond donors (Lipinski definition) is 1. The Balaban J connectivity index is 1.84. The SMILES string of the molecule is CCc1ccc(CCC(=O)N2CCC[C@@H](C(=O)O)C2)cc1. The summed E-state index contributed by atoms with van der Waals surface area (Å²) in [6.07, 6.45) is 3.66. The second-order valence-corrected chi connectivity index (χ2v) is 5.69. The number of piperidine rings is 1. The number of aliphatic carboxylic acids is 1. The average Bonchev–Trinajstić information content (AvgIpc) is 2.53. The summed E-state index contributed by atoms with van der Waals surface area (Å²) in [5.74, 6) is -1.12. The molecule has 0 unspecified atom stereocenters. The molecule has 0 spiro atoms. The number of rotatable bonds is 5. The third-order valence-corrected chi connectivity index (χ3v) is 4.18. The molecule has 4 heteroatoms. The van der Waals surface area contributed by atoms with Crippen molar-refractivity contribution < 1.29 is 14.7 Å². The lowest BCUT2D eigenvalue weighted by Gasteiger charge is -2.30. The second-order valence-electron chi connectivity index (χ2n) is 5.69. The lowest BCUT2D eigenvalue weighted by Crippen LogP contribution is -2.42. The minimum absolute atomic E-state index is 0.0699. The standard InChI is InChI=1S/C17H23NO3/c1-2-13-5-7-14(8-6-13)9-10-16(19)18-11-3-4-15(12-18)17(20)21/h5-8,15H,2-4,9-12H2,1H3,(H,20,21)/t15-/m1/s1. The van der Waals surface area contributed by atoms with Gasteiger partial charge in [0.1, 0.15) is 0 Å². The summed E-state index contributed by atoms with van der Waals surface area (Å²) in [6.45, 7) is 3.17. The Morgan fingerprint density at radius 2 is 1.90 bits per heavy atom. The Kier molecular flexibility index (Phi) is 5.37. The van der Waals surface area contributed by atoms with E-state index in [1.807, 2.05) is 0 Å². The molecule has 1 aliphatic rings. The van der Waals surface area contributed by atoms with Gasteiger partial charge < -0.3 is 10.0 Å². The summed E-state index contributed by atoms with van der Waals surface area (Å²) in [5.41, 5.74) is 2.46. The number of nitrogens with zero attached hydrogens (tertiary/aromatic N) is 1. The van der Waals surface area contributed by atoms with Crippen molar-refractivity contribution in [3.05, 3.63) is 35.4 Å². The van der Waals surface area contributed by atoms with E-state index < -0.39 is 11.9 Å². The highest BCUT2D eigenvalue weighted by atomic mass is 16.4. The van der Waals surface area contributed by atoms with E-state index in [0.29, 0.717) is 25.9 Å². The van der Waals surface area contributed by atoms with Crippen LogP contribution >= 0.6 is 0 Å². The average molecular weight is 289 g/mol. The molecule has 1 aromatic carbocycles. The second kappa shape index (κ2) is 7.25. The van der Waals surface area contributed by atoms with Gasteiger partial charge in [-0.25, -0.2) is 0 Å². The molecule has 1 aliphatic heterocycles. The number of carboxylic acid groups (broad SMARTS) is 1. The summed E-state index contributed by atoms with van der Waals surface area (Å²) in [7, 11) is 0. The molecule has 1 fully saturated rings. The zero-order valence-electron chi connectivity index (χ0n) is 12.5. The molecule has 0 radical (unpaired) electrons. The van der Waals surface area contributed by atoms with Gasteiger partial charge in [-0.3, -0.25) is 9.59 Å². The van der Waals surface area contributed by atoms with Crippen LogP contribution in [0.2, 0.25) is 0 Å². The van der Waals surface area contributed by atoms with Crippen LogP contribution in [0.4, 0.5) is 0 Å². The molecule has 1 N–H and O–H groups in total. The van der Waals surface area contributed by atoms with Crippen LogP contribution in [0.1, 0.15) is 37.3 Å². The molecule has 1 saturated heterocycles. The van der Waals surface area contributed by atoms with Crippen LogP contribution in [0.25, 0.3) is 0 Å². The number of aryl methyl sites for hydroxylation is 2. The fraction of sp³-hybridized carbons (Fsp3) is 0.529. The van der Waals surface area contributed by atoms with E-state index in [0.717, 1.165) is 24.8 Å². The zero-order valence-corrected chi connectivity index (χ0v) is 12.5. The first-order valence-electron chi connectivity index (χ1n) is 7.68. The number of carbonyl (C=O) groups excluding carboxylic acids is 1. The molecule has 1 aromatic rings. The van der Waals surface area contributed by atoms with E-state index in [4.69, 9.17) is 5.11 Å². The van der Waals surface area contributed by atoms with Crippen LogP contribution in [0.15, 0.2) is 24.3 Å². The van der Waals surface area contributed by atoms with Crippen LogP contribution in [0.3, 0.4) is 0 Å². The first-order chi connectivity index (χ1) is 10.1. The predicted octanol–water partition coefficient (Wildman–Crippen LogP) is 2.50. The number of carboxylic acids is 1. The molecular formula is C17H23NO3. The first kappa shape index (κ1) is 15.5. The van der Waals surface area contributed by atoms with Crippen molar-refractivity contribution in [3.8, 4) is 0 Å². The third kappa shape index (κ3) is 4.31. The zero-order chi connectivity index (χ0) is 15.2. The van der Waals surface area contributed by atoms with E-state index >= 15 is 0 Å². The van der Waals surface area contributed by atoms with Crippen molar-refractivity contribution >= 4 is 11.9 Å². The van der Waals surface area contributed by atoms with Crippen LogP contribution in [0, 0.1) is 5.92 Å². The molecule has 1 heterocycles. The maximum Gasteiger partial charge on any atom is 0.308 e. The van der Waals surface area contributed by atoms with E-state index in [1.165, 1.54) is 5.56 Å². The maximum atomic E-state index is 12.2. The van der Waals surface area contributed by atoms with Crippen molar-refractivity contribution in [2.75, 3.05) is 13.1 Å². The fourth-order valence-corrected chi connectivity index (χ4v) is 2.76. The van der Waals surface area contributed by atoms with Gasteiger partial charge in [-0.15, -0.1) is 0 Å². The topological polar surface area (TPSA) is 57.6 Å². The molecule has 0 saturated carbocycles. The van der Waals surface area contributed by atoms with Crippen LogP contribution in [0.5, 0.6) is 0 Å². The molecule has 2 rings (SSSR count).